The van der Waals surface area contributed by atoms with E-state index in [1.807, 2.05) is 0 Å². The van der Waals surface area contributed by atoms with Crippen molar-refractivity contribution in [3.63, 3.8) is 0 Å². The molecule has 0 heterocycles. The Kier molecular flexibility index (Phi) is 24.8. The number of carbonyl (C=O) groups excluding carboxylic acids is 2. The number of benzene rings is 1. The zero-order chi connectivity index (χ0) is 33.7. The molecule has 0 saturated heterocycles. The van der Waals surface area contributed by atoms with E-state index < -0.39 is 41.4 Å². The summed E-state index contributed by atoms with van der Waals surface area (Å²) in [6.07, 6.45) is 26.9. The third-order valence-electron chi connectivity index (χ3n) is 6.28. The summed E-state index contributed by atoms with van der Waals surface area (Å²) in [6.45, 7) is 3.75. The summed E-state index contributed by atoms with van der Waals surface area (Å²) in [5, 5.41) is 2.81. The van der Waals surface area contributed by atoms with E-state index in [-0.39, 0.29) is 38.4 Å². The molecule has 258 valence electrons. The molecule has 0 saturated carbocycles. The highest BCUT2D eigenvalue weighted by Crippen LogP contribution is 2.26. The van der Waals surface area contributed by atoms with E-state index in [2.05, 4.69) is 65.6 Å². The molecule has 0 aliphatic rings. The van der Waals surface area contributed by atoms with Crippen LogP contribution in [-0.4, -0.2) is 58.1 Å². The Bertz CT molecular complexity index is 1080. The molecule has 0 atom stereocenters. The Morgan fingerprint density at radius 2 is 1.15 bits per heavy atom. The van der Waals surface area contributed by atoms with Gasteiger partial charge in [-0.2, -0.15) is 8.78 Å². The monoisotopic (exact) mass is 655 g/mol. The van der Waals surface area contributed by atoms with Gasteiger partial charge in [0.05, 0.1) is 46.1 Å². The molecule has 0 radical (unpaired) electrons. The summed E-state index contributed by atoms with van der Waals surface area (Å²) in [7, 11) is 0. The van der Waals surface area contributed by atoms with Gasteiger partial charge in [-0.25, -0.2) is 8.78 Å². The average Bonchev–Trinajstić information content (AvgIpc) is 3.04. The van der Waals surface area contributed by atoms with Crippen molar-refractivity contribution in [1.82, 2.24) is 5.32 Å². The maximum absolute atomic E-state index is 13.5. The standard InChI is InChI=1S/C35H49F4NO6/c1-2-3-4-5-6-7-8-9-10-11-12-13-14-15-16-17-18-19-31(41)40-21-23-44-25-27-45-26-24-43-22-20-32(42)46-35-33(38)29(36)28-30(37)34(35)39/h6-7,9-10,12-13,15-16,28H,2-5,8,11,14,17-27H2,1H3,(H,40,41)/b7-6-,10-9-,13-12-,16-15-. The van der Waals surface area contributed by atoms with Crippen molar-refractivity contribution in [1.29, 1.82) is 0 Å². The summed E-state index contributed by atoms with van der Waals surface area (Å²) in [4.78, 5) is 23.6. The van der Waals surface area contributed by atoms with Crippen LogP contribution in [0.1, 0.15) is 77.6 Å². The van der Waals surface area contributed by atoms with Crippen LogP contribution >= 0.6 is 0 Å². The van der Waals surface area contributed by atoms with Crippen molar-refractivity contribution in [2.75, 3.05) is 46.2 Å². The van der Waals surface area contributed by atoms with Crippen LogP contribution in [-0.2, 0) is 23.8 Å². The van der Waals surface area contributed by atoms with Crippen molar-refractivity contribution in [2.45, 2.75) is 77.6 Å². The van der Waals surface area contributed by atoms with Crippen LogP contribution in [0.5, 0.6) is 5.75 Å². The first kappa shape index (κ1) is 40.7. The van der Waals surface area contributed by atoms with Gasteiger partial charge in [-0.1, -0.05) is 68.4 Å². The van der Waals surface area contributed by atoms with Gasteiger partial charge in [0.1, 0.15) is 0 Å². The second kappa shape index (κ2) is 28.0. The number of esters is 1. The summed E-state index contributed by atoms with van der Waals surface area (Å²) < 4.78 is 73.6. The van der Waals surface area contributed by atoms with Crippen LogP contribution in [0.15, 0.2) is 54.7 Å². The lowest BCUT2D eigenvalue weighted by atomic mass is 10.2. The SMILES string of the molecule is CCCCC/C=C\C/C=C\C/C=C\C/C=C\CCCC(=O)NCCOCCOCCOCCC(=O)Oc1c(F)c(F)cc(F)c1F. The van der Waals surface area contributed by atoms with Gasteiger partial charge in [0.2, 0.25) is 23.3 Å². The van der Waals surface area contributed by atoms with Gasteiger partial charge in [0, 0.05) is 19.0 Å². The molecule has 1 rings (SSSR count). The molecule has 0 aromatic heterocycles. The second-order valence-electron chi connectivity index (χ2n) is 10.2. The van der Waals surface area contributed by atoms with Gasteiger partial charge in [0.15, 0.2) is 11.6 Å². The van der Waals surface area contributed by atoms with Gasteiger partial charge < -0.3 is 24.3 Å². The van der Waals surface area contributed by atoms with E-state index >= 15 is 0 Å². The molecular formula is C35H49F4NO6. The summed E-state index contributed by atoms with van der Waals surface area (Å²) in [5.41, 5.74) is 0. The van der Waals surface area contributed by atoms with Crippen molar-refractivity contribution in [3.8, 4) is 5.75 Å². The quantitative estimate of drug-likeness (QED) is 0.0260. The van der Waals surface area contributed by atoms with Gasteiger partial charge in [-0.3, -0.25) is 9.59 Å². The number of hydrogen-bond donors (Lipinski definition) is 1. The summed E-state index contributed by atoms with van der Waals surface area (Å²) in [6, 6.07) is 0.0200. The second-order valence-corrected chi connectivity index (χ2v) is 10.2. The highest BCUT2D eigenvalue weighted by atomic mass is 19.2. The normalized spacial score (nSPS) is 11.9. The van der Waals surface area contributed by atoms with Gasteiger partial charge >= 0.3 is 5.97 Å². The first-order chi connectivity index (χ1) is 22.4. The predicted octanol–water partition coefficient (Wildman–Crippen LogP) is 7.85. The molecule has 11 heteroatoms. The molecule has 7 nitrogen and oxygen atoms in total. The van der Waals surface area contributed by atoms with Crippen molar-refractivity contribution in [2.24, 2.45) is 0 Å². The van der Waals surface area contributed by atoms with Crippen molar-refractivity contribution < 1.29 is 46.1 Å². The van der Waals surface area contributed by atoms with Crippen LogP contribution < -0.4 is 10.1 Å². The minimum Gasteiger partial charge on any atom is -0.420 e. The maximum atomic E-state index is 13.5. The molecule has 46 heavy (non-hydrogen) atoms. The number of halogens is 4. The third-order valence-corrected chi connectivity index (χ3v) is 6.28. The number of nitrogens with one attached hydrogen (secondary N) is 1. The van der Waals surface area contributed by atoms with Crippen molar-refractivity contribution >= 4 is 11.9 Å². The molecule has 0 bridgehead atoms. The zero-order valence-corrected chi connectivity index (χ0v) is 26.9. The van der Waals surface area contributed by atoms with Crippen LogP contribution in [0.25, 0.3) is 0 Å². The minimum absolute atomic E-state index is 0.0184. The van der Waals surface area contributed by atoms with Gasteiger partial charge in [0.25, 0.3) is 0 Å². The van der Waals surface area contributed by atoms with E-state index in [0.717, 1.165) is 32.1 Å². The van der Waals surface area contributed by atoms with E-state index in [9.17, 15) is 27.2 Å². The molecule has 0 unspecified atom stereocenters. The molecule has 1 N–H and O–H groups in total. The van der Waals surface area contributed by atoms with Gasteiger partial charge in [-0.15, -0.1) is 0 Å². The minimum atomic E-state index is -1.79. The summed E-state index contributed by atoms with van der Waals surface area (Å²) >= 11 is 0. The van der Waals surface area contributed by atoms with Crippen LogP contribution in [0.2, 0.25) is 0 Å². The fraction of sp³-hybridized carbons (Fsp3) is 0.543. The average molecular weight is 656 g/mol. The summed E-state index contributed by atoms with van der Waals surface area (Å²) in [5.74, 6) is -9.49. The van der Waals surface area contributed by atoms with E-state index in [1.54, 1.807) is 0 Å². The largest absolute Gasteiger partial charge is 0.420 e. The Labute approximate surface area is 270 Å². The molecule has 0 fully saturated rings. The van der Waals surface area contributed by atoms with Crippen LogP contribution in [0.3, 0.4) is 0 Å². The predicted molar refractivity (Wildman–Crippen MR) is 170 cm³/mol. The Hall–Kier alpha value is -3.28. The molecule has 1 amide bonds. The maximum Gasteiger partial charge on any atom is 0.313 e. The number of carbonyl (C=O) groups is 2. The smallest absolute Gasteiger partial charge is 0.313 e. The highest BCUT2D eigenvalue weighted by Gasteiger charge is 2.22. The zero-order valence-electron chi connectivity index (χ0n) is 26.9. The number of amides is 1. The topological polar surface area (TPSA) is 83.1 Å². The molecule has 1 aromatic carbocycles. The lowest BCUT2D eigenvalue weighted by Gasteiger charge is -2.09. The van der Waals surface area contributed by atoms with Crippen molar-refractivity contribution in [3.05, 3.63) is 77.9 Å². The number of ether oxygens (including phenoxy) is 4. The van der Waals surface area contributed by atoms with Crippen LogP contribution in [0.4, 0.5) is 17.6 Å². The van der Waals surface area contributed by atoms with Crippen LogP contribution in [0, 0.1) is 23.3 Å². The van der Waals surface area contributed by atoms with Gasteiger partial charge in [-0.05, 0) is 44.9 Å². The molecule has 0 aliphatic heterocycles. The molecule has 0 spiro atoms. The Balaban J connectivity index is 1.89. The Morgan fingerprint density at radius 3 is 1.72 bits per heavy atom. The lowest BCUT2D eigenvalue weighted by Crippen LogP contribution is -2.27. The Morgan fingerprint density at radius 1 is 0.652 bits per heavy atom. The highest BCUT2D eigenvalue weighted by molar-refractivity contribution is 5.75. The number of hydrogen-bond acceptors (Lipinski definition) is 6. The number of allylic oxidation sites excluding steroid dienone is 8. The van der Waals surface area contributed by atoms with E-state index in [0.29, 0.717) is 26.2 Å². The molecular weight excluding hydrogens is 606 g/mol. The van der Waals surface area contributed by atoms with E-state index in [4.69, 9.17) is 14.2 Å². The number of rotatable bonds is 27. The number of unbranched alkanes of at least 4 members (excludes halogenated alkanes) is 4. The molecule has 0 aliphatic carbocycles. The fourth-order valence-electron chi connectivity index (χ4n) is 3.80. The molecule has 1 aromatic rings. The lowest BCUT2D eigenvalue weighted by molar-refractivity contribution is -0.136. The van der Waals surface area contributed by atoms with E-state index in [1.165, 1.54) is 25.7 Å². The first-order valence-electron chi connectivity index (χ1n) is 16.0. The third kappa shape index (κ3) is 21.5. The fourth-order valence-corrected chi connectivity index (χ4v) is 3.80. The first-order valence-corrected chi connectivity index (χ1v) is 16.0.